The van der Waals surface area contributed by atoms with Crippen molar-refractivity contribution in [1.29, 1.82) is 0 Å². The third-order valence-corrected chi connectivity index (χ3v) is 5.47. The van der Waals surface area contributed by atoms with E-state index in [1.165, 1.54) is 19.4 Å². The minimum atomic E-state index is -0.917. The van der Waals surface area contributed by atoms with Crippen molar-refractivity contribution in [3.63, 3.8) is 0 Å². The summed E-state index contributed by atoms with van der Waals surface area (Å²) in [5.74, 6) is 0.785. The molecular formula is C17H30N4OS. The van der Waals surface area contributed by atoms with Gasteiger partial charge in [-0.05, 0) is 51.2 Å². The fourth-order valence-corrected chi connectivity index (χ4v) is 3.77. The van der Waals surface area contributed by atoms with E-state index >= 15 is 0 Å². The van der Waals surface area contributed by atoms with Gasteiger partial charge in [0.05, 0.1) is 6.54 Å². The highest BCUT2D eigenvalue weighted by Crippen LogP contribution is 2.25. The number of aliphatic hydroxyl groups is 1. The molecule has 0 spiro atoms. The SMILES string of the molecule is CCNC(=NCC(C)(O)c1cccs1)NCC1CCCN1CC. The van der Waals surface area contributed by atoms with Gasteiger partial charge in [0.15, 0.2) is 5.96 Å². The van der Waals surface area contributed by atoms with Crippen LogP contribution < -0.4 is 10.6 Å². The van der Waals surface area contributed by atoms with Gasteiger partial charge in [0, 0.05) is 24.0 Å². The van der Waals surface area contributed by atoms with E-state index in [1.54, 1.807) is 11.3 Å². The van der Waals surface area contributed by atoms with E-state index in [4.69, 9.17) is 0 Å². The normalized spacial score (nSPS) is 22.1. The molecule has 6 heteroatoms. The molecule has 23 heavy (non-hydrogen) atoms. The molecule has 0 aromatic carbocycles. The van der Waals surface area contributed by atoms with Gasteiger partial charge in [0.25, 0.3) is 0 Å². The number of aliphatic imine (C=N–C) groups is 1. The second-order valence-electron chi connectivity index (χ2n) is 6.25. The smallest absolute Gasteiger partial charge is 0.191 e. The van der Waals surface area contributed by atoms with Gasteiger partial charge in [-0.3, -0.25) is 4.90 Å². The number of hydrogen-bond donors (Lipinski definition) is 3. The molecule has 1 aliphatic rings. The lowest BCUT2D eigenvalue weighted by Gasteiger charge is -2.24. The van der Waals surface area contributed by atoms with Crippen molar-refractivity contribution in [2.75, 3.05) is 32.7 Å². The Morgan fingerprint density at radius 1 is 1.48 bits per heavy atom. The van der Waals surface area contributed by atoms with Crippen molar-refractivity contribution in [1.82, 2.24) is 15.5 Å². The first-order chi connectivity index (χ1) is 11.1. The van der Waals surface area contributed by atoms with E-state index in [0.717, 1.165) is 30.5 Å². The summed E-state index contributed by atoms with van der Waals surface area (Å²) >= 11 is 1.57. The van der Waals surface area contributed by atoms with Crippen LogP contribution in [0.3, 0.4) is 0 Å². The van der Waals surface area contributed by atoms with Crippen molar-refractivity contribution in [2.24, 2.45) is 4.99 Å². The molecule has 1 aromatic heterocycles. The molecule has 0 saturated carbocycles. The number of rotatable bonds is 7. The lowest BCUT2D eigenvalue weighted by molar-refractivity contribution is 0.0711. The molecule has 2 unspecified atom stereocenters. The Labute approximate surface area is 143 Å². The number of thiophene rings is 1. The number of hydrogen-bond acceptors (Lipinski definition) is 4. The van der Waals surface area contributed by atoms with Crippen LogP contribution in [-0.4, -0.2) is 54.7 Å². The van der Waals surface area contributed by atoms with Gasteiger partial charge in [-0.15, -0.1) is 11.3 Å². The van der Waals surface area contributed by atoms with Gasteiger partial charge in [-0.25, -0.2) is 4.99 Å². The molecule has 1 saturated heterocycles. The van der Waals surface area contributed by atoms with Gasteiger partial charge in [-0.1, -0.05) is 13.0 Å². The van der Waals surface area contributed by atoms with E-state index < -0.39 is 5.60 Å². The molecule has 0 radical (unpaired) electrons. The molecule has 2 rings (SSSR count). The van der Waals surface area contributed by atoms with Crippen molar-refractivity contribution >= 4 is 17.3 Å². The molecule has 1 aliphatic heterocycles. The Hall–Kier alpha value is -1.11. The maximum absolute atomic E-state index is 10.6. The van der Waals surface area contributed by atoms with Crippen molar-refractivity contribution in [2.45, 2.75) is 45.3 Å². The topological polar surface area (TPSA) is 59.9 Å². The van der Waals surface area contributed by atoms with Crippen molar-refractivity contribution in [3.8, 4) is 0 Å². The van der Waals surface area contributed by atoms with E-state index in [9.17, 15) is 5.11 Å². The second-order valence-corrected chi connectivity index (χ2v) is 7.20. The van der Waals surface area contributed by atoms with Crippen LogP contribution in [0.4, 0.5) is 0 Å². The first-order valence-corrected chi connectivity index (χ1v) is 9.47. The molecular weight excluding hydrogens is 308 g/mol. The monoisotopic (exact) mass is 338 g/mol. The van der Waals surface area contributed by atoms with Gasteiger partial charge in [0.2, 0.25) is 0 Å². The highest BCUT2D eigenvalue weighted by molar-refractivity contribution is 7.10. The van der Waals surface area contributed by atoms with E-state index in [0.29, 0.717) is 12.6 Å². The zero-order valence-corrected chi connectivity index (χ0v) is 15.3. The van der Waals surface area contributed by atoms with Crippen LogP contribution in [0.1, 0.15) is 38.5 Å². The van der Waals surface area contributed by atoms with Gasteiger partial charge < -0.3 is 15.7 Å². The Morgan fingerprint density at radius 3 is 2.96 bits per heavy atom. The van der Waals surface area contributed by atoms with E-state index in [-0.39, 0.29) is 0 Å². The van der Waals surface area contributed by atoms with Crippen LogP contribution in [0.15, 0.2) is 22.5 Å². The Balaban J connectivity index is 1.92. The van der Waals surface area contributed by atoms with Crippen LogP contribution in [-0.2, 0) is 5.60 Å². The van der Waals surface area contributed by atoms with Crippen LogP contribution in [0.25, 0.3) is 0 Å². The molecule has 1 fully saturated rings. The Bertz CT molecular complexity index is 487. The summed E-state index contributed by atoms with van der Waals surface area (Å²) in [6, 6.07) is 4.50. The predicted molar refractivity (Wildman–Crippen MR) is 98.1 cm³/mol. The van der Waals surface area contributed by atoms with Crippen LogP contribution >= 0.6 is 11.3 Å². The third-order valence-electron chi connectivity index (χ3n) is 4.35. The number of likely N-dealkylation sites (N-methyl/N-ethyl adjacent to an activating group) is 1. The first kappa shape index (κ1) is 18.2. The minimum Gasteiger partial charge on any atom is -0.383 e. The number of nitrogens with one attached hydrogen (secondary N) is 2. The lowest BCUT2D eigenvalue weighted by Crippen LogP contribution is -2.45. The Morgan fingerprint density at radius 2 is 2.30 bits per heavy atom. The lowest BCUT2D eigenvalue weighted by atomic mass is 10.1. The molecule has 0 aliphatic carbocycles. The summed E-state index contributed by atoms with van der Waals surface area (Å²) in [7, 11) is 0. The summed E-state index contributed by atoms with van der Waals surface area (Å²) in [5, 5.41) is 19.3. The quantitative estimate of drug-likeness (QED) is 0.526. The van der Waals surface area contributed by atoms with Gasteiger partial charge in [0.1, 0.15) is 5.60 Å². The van der Waals surface area contributed by atoms with Crippen LogP contribution in [0, 0.1) is 0 Å². The summed E-state index contributed by atoms with van der Waals surface area (Å²) in [4.78, 5) is 8.05. The molecule has 0 amide bonds. The molecule has 5 nitrogen and oxygen atoms in total. The summed E-state index contributed by atoms with van der Waals surface area (Å²) in [6.45, 7) is 10.5. The van der Waals surface area contributed by atoms with Gasteiger partial charge >= 0.3 is 0 Å². The van der Waals surface area contributed by atoms with Gasteiger partial charge in [-0.2, -0.15) is 0 Å². The molecule has 1 aromatic rings. The number of guanidine groups is 1. The average molecular weight is 339 g/mol. The molecule has 3 N–H and O–H groups in total. The standard InChI is InChI=1S/C17H30N4OS/c1-4-18-16(19-12-14-8-6-10-21(14)5-2)20-13-17(3,22)15-9-7-11-23-15/h7,9,11,14,22H,4-6,8,10,12-13H2,1-3H3,(H2,18,19,20). The second kappa shape index (κ2) is 8.66. The van der Waals surface area contributed by atoms with Crippen molar-refractivity contribution in [3.05, 3.63) is 22.4 Å². The predicted octanol–water partition coefficient (Wildman–Crippen LogP) is 2.00. The minimum absolute atomic E-state index is 0.352. The Kier molecular flexibility index (Phi) is 6.87. The highest BCUT2D eigenvalue weighted by Gasteiger charge is 2.25. The van der Waals surface area contributed by atoms with Crippen LogP contribution in [0.5, 0.6) is 0 Å². The fourth-order valence-electron chi connectivity index (χ4n) is 2.99. The maximum Gasteiger partial charge on any atom is 0.191 e. The molecule has 130 valence electrons. The molecule has 2 heterocycles. The summed E-state index contributed by atoms with van der Waals surface area (Å²) < 4.78 is 0. The number of likely N-dealkylation sites (tertiary alicyclic amines) is 1. The van der Waals surface area contributed by atoms with Crippen molar-refractivity contribution < 1.29 is 5.11 Å². The average Bonchev–Trinajstić information content (AvgIpc) is 3.20. The first-order valence-electron chi connectivity index (χ1n) is 8.59. The van der Waals surface area contributed by atoms with Crippen LogP contribution in [0.2, 0.25) is 0 Å². The molecule has 2 atom stereocenters. The fraction of sp³-hybridized carbons (Fsp3) is 0.706. The largest absolute Gasteiger partial charge is 0.383 e. The van der Waals surface area contributed by atoms with E-state index in [2.05, 4.69) is 34.4 Å². The third kappa shape index (κ3) is 5.19. The zero-order valence-electron chi connectivity index (χ0n) is 14.5. The highest BCUT2D eigenvalue weighted by atomic mass is 32.1. The van der Waals surface area contributed by atoms with E-state index in [1.807, 2.05) is 24.4 Å². The number of nitrogens with zero attached hydrogens (tertiary/aromatic N) is 2. The summed E-state index contributed by atoms with van der Waals surface area (Å²) in [5.41, 5.74) is -0.917. The molecule has 0 bridgehead atoms. The zero-order chi connectivity index (χ0) is 16.7. The summed E-state index contributed by atoms with van der Waals surface area (Å²) in [6.07, 6.45) is 2.52. The maximum atomic E-state index is 10.6.